The lowest BCUT2D eigenvalue weighted by molar-refractivity contribution is -0.122. The van der Waals surface area contributed by atoms with Crippen molar-refractivity contribution >= 4 is 5.91 Å². The number of hydrogen-bond acceptors (Lipinski definition) is 6. The lowest BCUT2D eigenvalue weighted by Crippen LogP contribution is -2.44. The number of methoxy groups -OCH3 is 1. The molecule has 1 aromatic carbocycles. The van der Waals surface area contributed by atoms with Crippen molar-refractivity contribution in [2.75, 3.05) is 20.2 Å². The largest absolute Gasteiger partial charge is 0.497 e. The normalized spacial score (nSPS) is 14.6. The van der Waals surface area contributed by atoms with Crippen molar-refractivity contribution in [1.82, 2.24) is 25.2 Å². The molecule has 8 heteroatoms. The summed E-state index contributed by atoms with van der Waals surface area (Å²) in [6.45, 7) is 4.55. The summed E-state index contributed by atoms with van der Waals surface area (Å²) < 4.78 is 5.31. The molecule has 0 bridgehead atoms. The van der Waals surface area contributed by atoms with Crippen molar-refractivity contribution in [3.8, 4) is 17.1 Å². The van der Waals surface area contributed by atoms with Gasteiger partial charge in [0.05, 0.1) is 7.11 Å². The average molecular weight is 462 g/mol. The quantitative estimate of drug-likeness (QED) is 0.535. The van der Waals surface area contributed by atoms with E-state index in [1.807, 2.05) is 19.1 Å². The number of H-pyrrole nitrogens is 1. The Labute approximate surface area is 199 Å². The Morgan fingerprint density at radius 3 is 2.68 bits per heavy atom. The van der Waals surface area contributed by atoms with Crippen molar-refractivity contribution in [2.24, 2.45) is 0 Å². The number of hydrogen-bond donors (Lipinski definition) is 2. The first-order chi connectivity index (χ1) is 16.5. The molecular weight excluding hydrogens is 430 g/mol. The molecule has 2 N–H and O–H groups in total. The van der Waals surface area contributed by atoms with Gasteiger partial charge in [-0.3, -0.25) is 19.5 Å². The van der Waals surface area contributed by atoms with Crippen LogP contribution >= 0.6 is 0 Å². The zero-order chi connectivity index (χ0) is 23.9. The number of carbonyl (C=O) groups is 1. The van der Waals surface area contributed by atoms with Gasteiger partial charge in [-0.25, -0.2) is 4.98 Å². The van der Waals surface area contributed by atoms with Gasteiger partial charge in [0.2, 0.25) is 5.91 Å². The van der Waals surface area contributed by atoms with E-state index in [1.165, 1.54) is 5.56 Å². The molecule has 0 unspecified atom stereocenters. The SMILES string of the molecule is COc1cccc(CN2CCC(NC(=O)CCc3c(C)nc(-c4ccncc4)[nH]c3=O)CC2)c1. The molecule has 2 aromatic heterocycles. The van der Waals surface area contributed by atoms with E-state index in [-0.39, 0.29) is 23.9 Å². The van der Waals surface area contributed by atoms with E-state index in [9.17, 15) is 9.59 Å². The minimum atomic E-state index is -0.196. The second-order valence-corrected chi connectivity index (χ2v) is 8.68. The predicted molar refractivity (Wildman–Crippen MR) is 131 cm³/mol. The van der Waals surface area contributed by atoms with Crippen LogP contribution in [0.25, 0.3) is 11.4 Å². The van der Waals surface area contributed by atoms with Crippen molar-refractivity contribution in [2.45, 2.75) is 45.2 Å². The van der Waals surface area contributed by atoms with E-state index in [0.29, 0.717) is 23.5 Å². The first-order valence-corrected chi connectivity index (χ1v) is 11.7. The second-order valence-electron chi connectivity index (χ2n) is 8.68. The summed E-state index contributed by atoms with van der Waals surface area (Å²) in [7, 11) is 1.68. The summed E-state index contributed by atoms with van der Waals surface area (Å²) in [5.41, 5.74) is 3.04. The number of carbonyl (C=O) groups excluding carboxylic acids is 1. The molecule has 0 radical (unpaired) electrons. The predicted octanol–water partition coefficient (Wildman–Crippen LogP) is 2.86. The number of rotatable bonds is 8. The summed E-state index contributed by atoms with van der Waals surface area (Å²) >= 11 is 0. The number of ether oxygens (including phenoxy) is 1. The van der Waals surface area contributed by atoms with Gasteiger partial charge in [-0.05, 0) is 56.0 Å². The molecule has 0 spiro atoms. The maximum atomic E-state index is 12.6. The number of amides is 1. The zero-order valence-electron chi connectivity index (χ0n) is 19.7. The van der Waals surface area contributed by atoms with Gasteiger partial charge in [-0.1, -0.05) is 12.1 Å². The van der Waals surface area contributed by atoms with Gasteiger partial charge in [0.1, 0.15) is 11.6 Å². The van der Waals surface area contributed by atoms with Crippen LogP contribution in [0.3, 0.4) is 0 Å². The molecule has 1 aliphatic heterocycles. The monoisotopic (exact) mass is 461 g/mol. The van der Waals surface area contributed by atoms with Crippen molar-refractivity contribution in [1.29, 1.82) is 0 Å². The highest BCUT2D eigenvalue weighted by Gasteiger charge is 2.21. The van der Waals surface area contributed by atoms with Gasteiger partial charge in [0.25, 0.3) is 5.56 Å². The lowest BCUT2D eigenvalue weighted by Gasteiger charge is -2.32. The number of aromatic amines is 1. The average Bonchev–Trinajstić information content (AvgIpc) is 2.85. The number of nitrogens with one attached hydrogen (secondary N) is 2. The van der Waals surface area contributed by atoms with Crippen molar-refractivity contribution < 1.29 is 9.53 Å². The summed E-state index contributed by atoms with van der Waals surface area (Å²) in [5.74, 6) is 1.36. The highest BCUT2D eigenvalue weighted by Crippen LogP contribution is 2.18. The standard InChI is InChI=1S/C26H31N5O3/c1-18-23(26(33)30-25(28-18)20-8-12-27-13-9-20)6-7-24(32)29-21-10-14-31(15-11-21)17-19-4-3-5-22(16-19)34-2/h3-5,8-9,12-13,16,21H,6-7,10-11,14-15,17H2,1-2H3,(H,29,32)(H,28,30,33). The molecule has 0 saturated carbocycles. The Bertz CT molecular complexity index is 1170. The van der Waals surface area contributed by atoms with Gasteiger partial charge < -0.3 is 15.0 Å². The van der Waals surface area contributed by atoms with E-state index < -0.39 is 0 Å². The third-order valence-electron chi connectivity index (χ3n) is 6.27. The summed E-state index contributed by atoms with van der Waals surface area (Å²) in [6, 6.07) is 11.9. The minimum absolute atomic E-state index is 0.0248. The Morgan fingerprint density at radius 1 is 1.21 bits per heavy atom. The number of likely N-dealkylation sites (tertiary alicyclic amines) is 1. The minimum Gasteiger partial charge on any atom is -0.497 e. The molecule has 1 fully saturated rings. The van der Waals surface area contributed by atoms with Crippen LogP contribution in [0, 0.1) is 6.92 Å². The smallest absolute Gasteiger partial charge is 0.254 e. The van der Waals surface area contributed by atoms with E-state index in [4.69, 9.17) is 4.74 Å². The number of nitrogens with zero attached hydrogens (tertiary/aromatic N) is 3. The number of aromatic nitrogens is 3. The first-order valence-electron chi connectivity index (χ1n) is 11.7. The second kappa shape index (κ2) is 11.1. The Balaban J connectivity index is 1.25. The third-order valence-corrected chi connectivity index (χ3v) is 6.27. The molecule has 3 heterocycles. The molecule has 1 aliphatic rings. The van der Waals surface area contributed by atoms with Crippen LogP contribution in [0.5, 0.6) is 5.75 Å². The number of pyridine rings is 1. The molecule has 1 saturated heterocycles. The van der Waals surface area contributed by atoms with Crippen LogP contribution in [-0.2, 0) is 17.8 Å². The summed E-state index contributed by atoms with van der Waals surface area (Å²) in [6.07, 6.45) is 5.78. The maximum Gasteiger partial charge on any atom is 0.254 e. The Kier molecular flexibility index (Phi) is 7.69. The van der Waals surface area contributed by atoms with E-state index in [2.05, 4.69) is 37.3 Å². The molecule has 178 valence electrons. The van der Waals surface area contributed by atoms with Crippen LogP contribution < -0.4 is 15.6 Å². The van der Waals surface area contributed by atoms with Crippen LogP contribution in [-0.4, -0.2) is 52.0 Å². The molecule has 34 heavy (non-hydrogen) atoms. The Hall–Kier alpha value is -3.52. The molecule has 4 rings (SSSR count). The van der Waals surface area contributed by atoms with Crippen LogP contribution in [0.1, 0.15) is 36.1 Å². The van der Waals surface area contributed by atoms with Crippen LogP contribution in [0.15, 0.2) is 53.6 Å². The van der Waals surface area contributed by atoms with E-state index >= 15 is 0 Å². The summed E-state index contributed by atoms with van der Waals surface area (Å²) in [5, 5.41) is 3.14. The highest BCUT2D eigenvalue weighted by atomic mass is 16.5. The van der Waals surface area contributed by atoms with Crippen LogP contribution in [0.4, 0.5) is 0 Å². The summed E-state index contributed by atoms with van der Waals surface area (Å²) in [4.78, 5) is 38.9. The third kappa shape index (κ3) is 6.08. The molecule has 0 aliphatic carbocycles. The number of piperidine rings is 1. The molecule has 3 aromatic rings. The topological polar surface area (TPSA) is 100 Å². The molecular formula is C26H31N5O3. The molecule has 8 nitrogen and oxygen atoms in total. The maximum absolute atomic E-state index is 12.6. The fraction of sp³-hybridized carbons (Fsp3) is 0.385. The van der Waals surface area contributed by atoms with Gasteiger partial charge in [0.15, 0.2) is 0 Å². The van der Waals surface area contributed by atoms with Gasteiger partial charge in [-0.2, -0.15) is 0 Å². The van der Waals surface area contributed by atoms with E-state index in [1.54, 1.807) is 31.6 Å². The van der Waals surface area contributed by atoms with Crippen molar-refractivity contribution in [3.05, 3.63) is 76.0 Å². The number of aryl methyl sites for hydroxylation is 1. The van der Waals surface area contributed by atoms with Crippen molar-refractivity contribution in [3.63, 3.8) is 0 Å². The Morgan fingerprint density at radius 2 is 1.97 bits per heavy atom. The van der Waals surface area contributed by atoms with Gasteiger partial charge in [-0.15, -0.1) is 0 Å². The molecule has 0 atom stereocenters. The van der Waals surface area contributed by atoms with Gasteiger partial charge in [0, 0.05) is 61.3 Å². The molecule has 1 amide bonds. The van der Waals surface area contributed by atoms with Crippen LogP contribution in [0.2, 0.25) is 0 Å². The van der Waals surface area contributed by atoms with E-state index in [0.717, 1.165) is 43.8 Å². The fourth-order valence-electron chi connectivity index (χ4n) is 4.35. The fourth-order valence-corrected chi connectivity index (χ4v) is 4.35. The zero-order valence-corrected chi connectivity index (χ0v) is 19.7. The number of benzene rings is 1. The first kappa shape index (κ1) is 23.6. The lowest BCUT2D eigenvalue weighted by atomic mass is 10.0. The van der Waals surface area contributed by atoms with Gasteiger partial charge >= 0.3 is 0 Å². The highest BCUT2D eigenvalue weighted by molar-refractivity contribution is 5.76.